The molecule has 1 amide bonds. The van der Waals surface area contributed by atoms with Gasteiger partial charge in [-0.1, -0.05) is 30.3 Å². The molecule has 0 unspecified atom stereocenters. The van der Waals surface area contributed by atoms with E-state index < -0.39 is 12.1 Å². The SMILES string of the molecule is COc1ccc(SCC(=O)O[C@H](C(=O)N2CCCC2)c2ccccc2)cc1. The van der Waals surface area contributed by atoms with Gasteiger partial charge in [0.1, 0.15) is 5.75 Å². The van der Waals surface area contributed by atoms with Gasteiger partial charge in [0.25, 0.3) is 5.91 Å². The fourth-order valence-corrected chi connectivity index (χ4v) is 3.65. The Bertz CT molecular complexity index is 758. The fourth-order valence-electron chi connectivity index (χ4n) is 2.97. The van der Waals surface area contributed by atoms with Crippen LogP contribution in [0.25, 0.3) is 0 Å². The van der Waals surface area contributed by atoms with Gasteiger partial charge in [-0.2, -0.15) is 0 Å². The van der Waals surface area contributed by atoms with Crippen molar-refractivity contribution in [2.75, 3.05) is 26.0 Å². The maximum Gasteiger partial charge on any atom is 0.317 e. The first kappa shape index (κ1) is 19.3. The monoisotopic (exact) mass is 385 g/mol. The van der Waals surface area contributed by atoms with E-state index in [1.54, 1.807) is 12.0 Å². The number of ether oxygens (including phenoxy) is 2. The molecule has 2 aromatic carbocycles. The summed E-state index contributed by atoms with van der Waals surface area (Å²) in [5.41, 5.74) is 0.706. The highest BCUT2D eigenvalue weighted by Crippen LogP contribution is 2.25. The number of nitrogens with zero attached hydrogens (tertiary/aromatic N) is 1. The van der Waals surface area contributed by atoms with Gasteiger partial charge in [-0.3, -0.25) is 9.59 Å². The van der Waals surface area contributed by atoms with E-state index in [4.69, 9.17) is 9.47 Å². The number of benzene rings is 2. The first-order valence-corrected chi connectivity index (χ1v) is 9.96. The summed E-state index contributed by atoms with van der Waals surface area (Å²) in [5, 5.41) is 0. The van der Waals surface area contributed by atoms with E-state index in [1.165, 1.54) is 11.8 Å². The Hall–Kier alpha value is -2.47. The van der Waals surface area contributed by atoms with Crippen LogP contribution in [-0.4, -0.2) is 42.7 Å². The minimum Gasteiger partial charge on any atom is -0.497 e. The van der Waals surface area contributed by atoms with Gasteiger partial charge in [0.05, 0.1) is 12.9 Å². The molecule has 1 aliphatic rings. The van der Waals surface area contributed by atoms with Crippen LogP contribution in [0.4, 0.5) is 0 Å². The molecule has 5 nitrogen and oxygen atoms in total. The molecule has 1 saturated heterocycles. The Morgan fingerprint density at radius 1 is 1.04 bits per heavy atom. The van der Waals surface area contributed by atoms with E-state index in [1.807, 2.05) is 54.6 Å². The zero-order valence-electron chi connectivity index (χ0n) is 15.3. The molecular weight excluding hydrogens is 362 g/mol. The van der Waals surface area contributed by atoms with Crippen LogP contribution in [0.2, 0.25) is 0 Å². The minimum absolute atomic E-state index is 0.138. The van der Waals surface area contributed by atoms with Crippen molar-refractivity contribution < 1.29 is 19.1 Å². The lowest BCUT2D eigenvalue weighted by Gasteiger charge is -2.23. The highest BCUT2D eigenvalue weighted by atomic mass is 32.2. The van der Waals surface area contributed by atoms with Crippen LogP contribution in [0.5, 0.6) is 5.75 Å². The lowest BCUT2D eigenvalue weighted by molar-refractivity contribution is -0.158. The maximum atomic E-state index is 12.9. The molecule has 2 aromatic rings. The second-order valence-corrected chi connectivity index (χ2v) is 7.33. The molecule has 0 aromatic heterocycles. The molecule has 1 aliphatic heterocycles. The molecule has 0 bridgehead atoms. The summed E-state index contributed by atoms with van der Waals surface area (Å²) in [6.45, 7) is 1.45. The van der Waals surface area contributed by atoms with Gasteiger partial charge in [0.15, 0.2) is 0 Å². The highest BCUT2D eigenvalue weighted by molar-refractivity contribution is 8.00. The van der Waals surface area contributed by atoms with Crippen molar-refractivity contribution in [1.29, 1.82) is 0 Å². The summed E-state index contributed by atoms with van der Waals surface area (Å²) in [4.78, 5) is 28.0. The standard InChI is InChI=1S/C21H23NO4S/c1-25-17-9-11-18(12-10-17)27-15-19(23)26-20(16-7-3-2-4-8-16)21(24)22-13-5-6-14-22/h2-4,7-12,20H,5-6,13-15H2,1H3/t20-/m0/s1. The number of amides is 1. The lowest BCUT2D eigenvalue weighted by Crippen LogP contribution is -2.35. The number of hydrogen-bond acceptors (Lipinski definition) is 5. The van der Waals surface area contributed by atoms with Crippen LogP contribution >= 0.6 is 11.8 Å². The van der Waals surface area contributed by atoms with E-state index in [0.717, 1.165) is 36.6 Å². The van der Waals surface area contributed by atoms with Crippen LogP contribution in [0.1, 0.15) is 24.5 Å². The van der Waals surface area contributed by atoms with Crippen molar-refractivity contribution in [3.8, 4) is 5.75 Å². The van der Waals surface area contributed by atoms with Crippen LogP contribution in [0.15, 0.2) is 59.5 Å². The van der Waals surface area contributed by atoms with Crippen molar-refractivity contribution in [1.82, 2.24) is 4.90 Å². The van der Waals surface area contributed by atoms with Gasteiger partial charge in [-0.05, 0) is 37.1 Å². The number of thioether (sulfide) groups is 1. The molecule has 1 fully saturated rings. The van der Waals surface area contributed by atoms with Gasteiger partial charge >= 0.3 is 5.97 Å². The molecule has 1 atom stereocenters. The molecule has 1 heterocycles. The summed E-state index contributed by atoms with van der Waals surface area (Å²) >= 11 is 1.37. The summed E-state index contributed by atoms with van der Waals surface area (Å²) < 4.78 is 10.7. The van der Waals surface area contributed by atoms with Gasteiger partial charge < -0.3 is 14.4 Å². The Morgan fingerprint density at radius 3 is 2.33 bits per heavy atom. The summed E-state index contributed by atoms with van der Waals surface area (Å²) in [7, 11) is 1.61. The molecule has 0 spiro atoms. The molecule has 0 aliphatic carbocycles. The molecule has 0 saturated carbocycles. The number of esters is 1. The molecule has 0 radical (unpaired) electrons. The van der Waals surface area contributed by atoms with Crippen LogP contribution in [0, 0.1) is 0 Å². The minimum atomic E-state index is -0.881. The fraction of sp³-hybridized carbons (Fsp3) is 0.333. The molecule has 142 valence electrons. The van der Waals surface area contributed by atoms with Gasteiger partial charge in [-0.15, -0.1) is 11.8 Å². The Balaban J connectivity index is 1.63. The Morgan fingerprint density at radius 2 is 1.70 bits per heavy atom. The topological polar surface area (TPSA) is 55.8 Å². The predicted molar refractivity (Wildman–Crippen MR) is 105 cm³/mol. The number of methoxy groups -OCH3 is 1. The zero-order valence-corrected chi connectivity index (χ0v) is 16.1. The Labute approximate surface area is 163 Å². The van der Waals surface area contributed by atoms with Crippen molar-refractivity contribution in [3.63, 3.8) is 0 Å². The summed E-state index contributed by atoms with van der Waals surface area (Å²) in [5.74, 6) is 0.365. The number of hydrogen-bond donors (Lipinski definition) is 0. The second kappa shape index (κ2) is 9.46. The van der Waals surface area contributed by atoms with E-state index in [0.29, 0.717) is 5.56 Å². The Kier molecular flexibility index (Phi) is 6.76. The smallest absolute Gasteiger partial charge is 0.317 e. The number of carbonyl (C=O) groups is 2. The quantitative estimate of drug-likeness (QED) is 0.537. The van der Waals surface area contributed by atoms with Crippen molar-refractivity contribution in [2.45, 2.75) is 23.8 Å². The first-order chi connectivity index (χ1) is 13.2. The van der Waals surface area contributed by atoms with E-state index in [2.05, 4.69) is 0 Å². The molecular formula is C21H23NO4S. The maximum absolute atomic E-state index is 12.9. The summed E-state index contributed by atoms with van der Waals surface area (Å²) in [6.07, 6.45) is 1.11. The van der Waals surface area contributed by atoms with E-state index in [9.17, 15) is 9.59 Å². The molecule has 27 heavy (non-hydrogen) atoms. The number of likely N-dealkylation sites (tertiary alicyclic amines) is 1. The normalized spacial score (nSPS) is 14.6. The molecule has 6 heteroatoms. The van der Waals surface area contributed by atoms with Crippen molar-refractivity contribution in [3.05, 3.63) is 60.2 Å². The van der Waals surface area contributed by atoms with Crippen LogP contribution in [0.3, 0.4) is 0 Å². The predicted octanol–water partition coefficient (Wildman–Crippen LogP) is 3.69. The average molecular weight is 385 g/mol. The third kappa shape index (κ3) is 5.26. The zero-order chi connectivity index (χ0) is 19.1. The first-order valence-electron chi connectivity index (χ1n) is 8.97. The third-order valence-electron chi connectivity index (χ3n) is 4.41. The van der Waals surface area contributed by atoms with E-state index >= 15 is 0 Å². The third-order valence-corrected chi connectivity index (χ3v) is 5.40. The number of rotatable bonds is 7. The van der Waals surface area contributed by atoms with Crippen molar-refractivity contribution >= 4 is 23.6 Å². The summed E-state index contributed by atoms with van der Waals surface area (Å²) in [6, 6.07) is 16.7. The van der Waals surface area contributed by atoms with Gasteiger partial charge in [0, 0.05) is 23.5 Å². The largest absolute Gasteiger partial charge is 0.497 e. The van der Waals surface area contributed by atoms with E-state index in [-0.39, 0.29) is 11.7 Å². The van der Waals surface area contributed by atoms with Gasteiger partial charge in [0.2, 0.25) is 6.10 Å². The average Bonchev–Trinajstić information content (AvgIpc) is 3.26. The van der Waals surface area contributed by atoms with Gasteiger partial charge in [-0.25, -0.2) is 0 Å². The molecule has 3 rings (SSSR count). The second-order valence-electron chi connectivity index (χ2n) is 6.28. The molecule has 0 N–H and O–H groups in total. The van der Waals surface area contributed by atoms with Crippen molar-refractivity contribution in [2.24, 2.45) is 0 Å². The van der Waals surface area contributed by atoms with Crippen LogP contribution in [-0.2, 0) is 14.3 Å². The van der Waals surface area contributed by atoms with Crippen LogP contribution < -0.4 is 4.74 Å². The lowest BCUT2D eigenvalue weighted by atomic mass is 10.1. The number of carbonyl (C=O) groups excluding carboxylic acids is 2. The highest BCUT2D eigenvalue weighted by Gasteiger charge is 2.30.